The van der Waals surface area contributed by atoms with E-state index < -0.39 is 41.5 Å². The Labute approximate surface area is 233 Å². The van der Waals surface area contributed by atoms with Crippen molar-refractivity contribution in [2.45, 2.75) is 90.3 Å². The van der Waals surface area contributed by atoms with Gasteiger partial charge in [-0.05, 0) is 77.4 Å². The number of rotatable bonds is 7. The van der Waals surface area contributed by atoms with Crippen molar-refractivity contribution in [2.24, 2.45) is 5.92 Å². The van der Waals surface area contributed by atoms with Crippen LogP contribution >= 0.6 is 0 Å². The summed E-state index contributed by atoms with van der Waals surface area (Å²) in [5.74, 6) is -1.97. The predicted octanol–water partition coefficient (Wildman–Crippen LogP) is 5.82. The highest BCUT2D eigenvalue weighted by Crippen LogP contribution is 2.37. The monoisotopic (exact) mass is 567 g/mol. The number of nitrogens with zero attached hydrogens (tertiary/aromatic N) is 2. The van der Waals surface area contributed by atoms with Gasteiger partial charge in [-0.2, -0.15) is 13.2 Å². The van der Waals surface area contributed by atoms with Crippen LogP contribution in [0.3, 0.4) is 0 Å². The van der Waals surface area contributed by atoms with E-state index in [1.807, 2.05) is 44.2 Å². The molecule has 1 fully saturated rings. The maximum Gasteiger partial charge on any atom is 0.471 e. The number of ether oxygens (including phenoxy) is 2. The number of hydrogen-bond donors (Lipinski definition) is 1. The molecule has 2 aliphatic rings. The van der Waals surface area contributed by atoms with Gasteiger partial charge in [0.2, 0.25) is 0 Å². The number of benzene rings is 1. The first kappa shape index (κ1) is 31.3. The molecule has 2 aliphatic heterocycles. The summed E-state index contributed by atoms with van der Waals surface area (Å²) in [7, 11) is 0. The van der Waals surface area contributed by atoms with Crippen LogP contribution in [0.25, 0.3) is 0 Å². The average molecular weight is 568 g/mol. The van der Waals surface area contributed by atoms with E-state index >= 15 is 0 Å². The van der Waals surface area contributed by atoms with Gasteiger partial charge in [-0.15, -0.1) is 0 Å². The Balaban J connectivity index is 1.63. The Morgan fingerprint density at radius 1 is 1.10 bits per heavy atom. The van der Waals surface area contributed by atoms with Crippen molar-refractivity contribution >= 4 is 18.1 Å². The fraction of sp³-hybridized carbons (Fsp3) is 0.621. The fourth-order valence-corrected chi connectivity index (χ4v) is 5.19. The number of nitrogens with one attached hydrogen (secondary N) is 1. The standard InChI is InChI=1S/C29H40F3N3O5/c1-27(2,3)40-26(38)35-18-21(17-28(35,4)5)11-12-23(33-24(36)29(30,31)32)22-13-15-34(16-14-22)25(37)39-19-20-9-7-6-8-10-20/h6-10,13,21,23H,11-12,14-19H2,1-5H3,(H,33,36). The SMILES string of the molecule is CC(C)(C)OC(=O)N1CC(CCC(NC(=O)C(F)(F)F)C2=CCN(C(=O)OCc3ccccc3)CC2)CC1(C)C. The lowest BCUT2D eigenvalue weighted by Gasteiger charge is -2.33. The number of hydrogen-bond acceptors (Lipinski definition) is 5. The van der Waals surface area contributed by atoms with E-state index in [1.165, 1.54) is 4.90 Å². The minimum Gasteiger partial charge on any atom is -0.445 e. The van der Waals surface area contributed by atoms with Crippen molar-refractivity contribution in [3.8, 4) is 0 Å². The van der Waals surface area contributed by atoms with Crippen LogP contribution in [0.1, 0.15) is 65.9 Å². The fourth-order valence-electron chi connectivity index (χ4n) is 5.19. The summed E-state index contributed by atoms with van der Waals surface area (Å²) >= 11 is 0. The minimum absolute atomic E-state index is 0.0291. The second-order valence-electron chi connectivity index (χ2n) is 12.1. The number of alkyl halides is 3. The summed E-state index contributed by atoms with van der Waals surface area (Å²) in [6.45, 7) is 10.2. The second-order valence-corrected chi connectivity index (χ2v) is 12.1. The summed E-state index contributed by atoms with van der Waals surface area (Å²) < 4.78 is 50.3. The summed E-state index contributed by atoms with van der Waals surface area (Å²) in [6, 6.07) is 8.39. The molecule has 0 aromatic heterocycles. The maximum absolute atomic E-state index is 13.1. The lowest BCUT2D eigenvalue weighted by molar-refractivity contribution is -0.174. The Hall–Kier alpha value is -3.24. The van der Waals surface area contributed by atoms with E-state index in [0.29, 0.717) is 31.4 Å². The summed E-state index contributed by atoms with van der Waals surface area (Å²) in [6.07, 6.45) is -2.50. The first-order valence-corrected chi connectivity index (χ1v) is 13.6. The molecular formula is C29H40F3N3O5. The van der Waals surface area contributed by atoms with Crippen LogP contribution in [0.15, 0.2) is 42.0 Å². The molecule has 2 heterocycles. The highest BCUT2D eigenvalue weighted by molar-refractivity contribution is 5.82. The topological polar surface area (TPSA) is 88.2 Å². The van der Waals surface area contributed by atoms with Gasteiger partial charge in [-0.25, -0.2) is 9.59 Å². The van der Waals surface area contributed by atoms with Crippen molar-refractivity contribution in [2.75, 3.05) is 19.6 Å². The van der Waals surface area contributed by atoms with Crippen molar-refractivity contribution in [3.63, 3.8) is 0 Å². The number of halogens is 3. The molecule has 40 heavy (non-hydrogen) atoms. The van der Waals surface area contributed by atoms with Crippen molar-refractivity contribution in [1.82, 2.24) is 15.1 Å². The lowest BCUT2D eigenvalue weighted by atomic mass is 9.89. The van der Waals surface area contributed by atoms with E-state index in [-0.39, 0.29) is 32.0 Å². The molecule has 0 saturated carbocycles. The first-order chi connectivity index (χ1) is 18.5. The lowest BCUT2D eigenvalue weighted by Crippen LogP contribution is -2.46. The molecule has 0 aliphatic carbocycles. The van der Waals surface area contributed by atoms with Gasteiger partial charge in [0, 0.05) is 25.2 Å². The van der Waals surface area contributed by atoms with Gasteiger partial charge in [-0.1, -0.05) is 36.4 Å². The molecule has 1 aromatic rings. The normalized spacial score (nSPS) is 20.0. The molecule has 0 spiro atoms. The zero-order valence-corrected chi connectivity index (χ0v) is 23.8. The molecule has 3 amide bonds. The van der Waals surface area contributed by atoms with Crippen LogP contribution in [0.2, 0.25) is 0 Å². The molecule has 2 atom stereocenters. The summed E-state index contributed by atoms with van der Waals surface area (Å²) in [4.78, 5) is 40.3. The molecule has 222 valence electrons. The van der Waals surface area contributed by atoms with Crippen molar-refractivity contribution in [1.29, 1.82) is 0 Å². The van der Waals surface area contributed by atoms with Crippen LogP contribution < -0.4 is 5.32 Å². The number of likely N-dealkylation sites (tertiary alicyclic amines) is 1. The van der Waals surface area contributed by atoms with E-state index in [0.717, 1.165) is 5.56 Å². The van der Waals surface area contributed by atoms with Gasteiger partial charge >= 0.3 is 24.3 Å². The van der Waals surface area contributed by atoms with Gasteiger partial charge in [0.15, 0.2) is 0 Å². The highest BCUT2D eigenvalue weighted by atomic mass is 19.4. The third-order valence-corrected chi connectivity index (χ3v) is 7.16. The van der Waals surface area contributed by atoms with Crippen LogP contribution in [-0.4, -0.2) is 70.9 Å². The second kappa shape index (κ2) is 12.5. The molecule has 11 heteroatoms. The Bertz CT molecular complexity index is 1080. The van der Waals surface area contributed by atoms with Gasteiger partial charge in [0.1, 0.15) is 12.2 Å². The first-order valence-electron chi connectivity index (χ1n) is 13.6. The molecule has 2 unspecified atom stereocenters. The third kappa shape index (κ3) is 8.89. The summed E-state index contributed by atoms with van der Waals surface area (Å²) in [5.41, 5.74) is 0.376. The molecule has 8 nitrogen and oxygen atoms in total. The molecular weight excluding hydrogens is 527 g/mol. The predicted molar refractivity (Wildman–Crippen MR) is 143 cm³/mol. The molecule has 1 saturated heterocycles. The Morgan fingerprint density at radius 3 is 2.35 bits per heavy atom. The zero-order valence-electron chi connectivity index (χ0n) is 23.8. The highest BCUT2D eigenvalue weighted by Gasteiger charge is 2.44. The smallest absolute Gasteiger partial charge is 0.445 e. The van der Waals surface area contributed by atoms with Crippen LogP contribution in [-0.2, 0) is 20.9 Å². The molecule has 1 aromatic carbocycles. The zero-order chi connectivity index (χ0) is 29.7. The van der Waals surface area contributed by atoms with Gasteiger partial charge in [0.05, 0.1) is 6.04 Å². The van der Waals surface area contributed by atoms with Gasteiger partial charge in [-0.3, -0.25) is 4.79 Å². The van der Waals surface area contributed by atoms with E-state index in [4.69, 9.17) is 9.47 Å². The Morgan fingerprint density at radius 2 is 1.77 bits per heavy atom. The van der Waals surface area contributed by atoms with Crippen LogP contribution in [0.4, 0.5) is 22.8 Å². The number of carbonyl (C=O) groups is 3. The molecule has 0 bridgehead atoms. The van der Waals surface area contributed by atoms with E-state index in [1.54, 1.807) is 31.7 Å². The minimum atomic E-state index is -5.01. The van der Waals surface area contributed by atoms with E-state index in [2.05, 4.69) is 5.32 Å². The molecule has 3 rings (SSSR count). The van der Waals surface area contributed by atoms with Crippen LogP contribution in [0, 0.1) is 5.92 Å². The third-order valence-electron chi connectivity index (χ3n) is 7.16. The largest absolute Gasteiger partial charge is 0.471 e. The van der Waals surface area contributed by atoms with Gasteiger partial charge in [0.25, 0.3) is 0 Å². The number of carbonyl (C=O) groups excluding carboxylic acids is 3. The quantitative estimate of drug-likeness (QED) is 0.420. The van der Waals surface area contributed by atoms with Gasteiger partial charge < -0.3 is 24.6 Å². The summed E-state index contributed by atoms with van der Waals surface area (Å²) in [5, 5.41) is 2.15. The van der Waals surface area contributed by atoms with Crippen molar-refractivity contribution < 1.29 is 37.0 Å². The van der Waals surface area contributed by atoms with Crippen LogP contribution in [0.5, 0.6) is 0 Å². The van der Waals surface area contributed by atoms with Crippen molar-refractivity contribution in [3.05, 3.63) is 47.5 Å². The molecule has 1 N–H and O–H groups in total. The maximum atomic E-state index is 13.1. The molecule has 0 radical (unpaired) electrons. The van der Waals surface area contributed by atoms with E-state index in [9.17, 15) is 27.6 Å². The Kier molecular flexibility index (Phi) is 9.79. The average Bonchev–Trinajstić information content (AvgIpc) is 3.18. The number of amides is 3.